The number of nitrogens with zero attached hydrogens (tertiary/aromatic N) is 1. The second kappa shape index (κ2) is 8.37. The number of aliphatic hydroxyl groups excluding tert-OH is 1. The van der Waals surface area contributed by atoms with E-state index in [4.69, 9.17) is 9.47 Å². The van der Waals surface area contributed by atoms with Crippen LogP contribution in [0.1, 0.15) is 31.7 Å². The minimum absolute atomic E-state index is 0.338. The smallest absolute Gasteiger partial charge is 0.122 e. The molecule has 0 radical (unpaired) electrons. The van der Waals surface area contributed by atoms with Gasteiger partial charge in [0.05, 0.1) is 13.2 Å². The molecule has 0 saturated carbocycles. The lowest BCUT2D eigenvalue weighted by Crippen LogP contribution is -2.42. The van der Waals surface area contributed by atoms with E-state index in [9.17, 15) is 5.11 Å². The van der Waals surface area contributed by atoms with Gasteiger partial charge in [-0.1, -0.05) is 32.0 Å². The van der Waals surface area contributed by atoms with Crippen LogP contribution in [0, 0.1) is 0 Å². The van der Waals surface area contributed by atoms with Crippen LogP contribution < -0.4 is 4.74 Å². The average Bonchev–Trinajstić information content (AvgIpc) is 2.53. The Morgan fingerprint density at radius 1 is 1.29 bits per heavy atom. The first-order valence-corrected chi connectivity index (χ1v) is 7.90. The molecular formula is C17H27NO3. The van der Waals surface area contributed by atoms with Crippen molar-refractivity contribution in [3.05, 3.63) is 29.8 Å². The lowest BCUT2D eigenvalue weighted by Gasteiger charge is -2.28. The summed E-state index contributed by atoms with van der Waals surface area (Å²) in [6, 6.07) is 8.12. The molecule has 0 bridgehead atoms. The minimum atomic E-state index is -0.465. The molecule has 1 aliphatic heterocycles. The normalized spacial score (nSPS) is 19.2. The molecule has 1 aliphatic rings. The quantitative estimate of drug-likeness (QED) is 0.837. The van der Waals surface area contributed by atoms with Gasteiger partial charge >= 0.3 is 0 Å². The van der Waals surface area contributed by atoms with Gasteiger partial charge in [-0.05, 0) is 24.0 Å². The second-order valence-electron chi connectivity index (χ2n) is 5.72. The monoisotopic (exact) mass is 293 g/mol. The van der Waals surface area contributed by atoms with E-state index in [1.165, 1.54) is 5.56 Å². The van der Waals surface area contributed by atoms with E-state index in [-0.39, 0.29) is 0 Å². The fourth-order valence-electron chi connectivity index (χ4n) is 2.56. The predicted octanol–water partition coefficient (Wildman–Crippen LogP) is 2.27. The summed E-state index contributed by atoms with van der Waals surface area (Å²) in [5.74, 6) is 1.37. The first-order valence-electron chi connectivity index (χ1n) is 7.90. The van der Waals surface area contributed by atoms with Crippen LogP contribution in [0.15, 0.2) is 24.3 Å². The fourth-order valence-corrected chi connectivity index (χ4v) is 2.56. The van der Waals surface area contributed by atoms with Crippen molar-refractivity contribution in [1.29, 1.82) is 0 Å². The molecular weight excluding hydrogens is 266 g/mol. The van der Waals surface area contributed by atoms with Crippen LogP contribution in [0.4, 0.5) is 0 Å². The average molecular weight is 293 g/mol. The third-order valence-electron chi connectivity index (χ3n) is 4.07. The molecule has 1 N–H and O–H groups in total. The number of rotatable bonds is 7. The van der Waals surface area contributed by atoms with Crippen molar-refractivity contribution in [2.75, 3.05) is 39.5 Å². The molecule has 118 valence electrons. The number of β-amino-alcohol motifs (C(OH)–C–C–N with tert-alkyl or cyclic N) is 1. The van der Waals surface area contributed by atoms with Crippen LogP contribution in [0.3, 0.4) is 0 Å². The molecule has 0 aromatic heterocycles. The zero-order chi connectivity index (χ0) is 15.1. The lowest BCUT2D eigenvalue weighted by atomic mass is 9.98. The molecule has 0 amide bonds. The highest BCUT2D eigenvalue weighted by Gasteiger charge is 2.16. The molecule has 1 aromatic carbocycles. The minimum Gasteiger partial charge on any atom is -0.491 e. The predicted molar refractivity (Wildman–Crippen MR) is 83.9 cm³/mol. The Morgan fingerprint density at radius 2 is 2.00 bits per heavy atom. The van der Waals surface area contributed by atoms with E-state index in [1.54, 1.807) is 0 Å². The summed E-state index contributed by atoms with van der Waals surface area (Å²) in [4.78, 5) is 2.22. The fraction of sp³-hybridized carbons (Fsp3) is 0.647. The zero-order valence-corrected chi connectivity index (χ0v) is 13.1. The Balaban J connectivity index is 1.84. The van der Waals surface area contributed by atoms with Crippen molar-refractivity contribution >= 4 is 0 Å². The lowest BCUT2D eigenvalue weighted by molar-refractivity contribution is 0.00455. The SMILES string of the molecule is CC[C@@H](C)c1ccccc1OC[C@H](O)CN1CCOCC1. The van der Waals surface area contributed by atoms with Crippen LogP contribution in [-0.2, 0) is 4.74 Å². The highest BCUT2D eigenvalue weighted by Crippen LogP contribution is 2.28. The number of morpholine rings is 1. The van der Waals surface area contributed by atoms with E-state index >= 15 is 0 Å². The van der Waals surface area contributed by atoms with E-state index in [0.717, 1.165) is 38.5 Å². The number of ether oxygens (including phenoxy) is 2. The molecule has 1 saturated heterocycles. The molecule has 2 rings (SSSR count). The molecule has 4 heteroatoms. The van der Waals surface area contributed by atoms with Crippen LogP contribution in [0.2, 0.25) is 0 Å². The largest absolute Gasteiger partial charge is 0.491 e. The molecule has 2 atom stereocenters. The summed E-state index contributed by atoms with van der Waals surface area (Å²) in [5, 5.41) is 10.1. The van der Waals surface area contributed by atoms with Gasteiger partial charge in [0, 0.05) is 19.6 Å². The highest BCUT2D eigenvalue weighted by molar-refractivity contribution is 5.35. The Bertz CT molecular complexity index is 418. The van der Waals surface area contributed by atoms with Crippen LogP contribution in [-0.4, -0.2) is 55.6 Å². The Hall–Kier alpha value is -1.10. The molecule has 0 aliphatic carbocycles. The van der Waals surface area contributed by atoms with Crippen molar-refractivity contribution in [3.63, 3.8) is 0 Å². The maximum atomic E-state index is 10.1. The van der Waals surface area contributed by atoms with Gasteiger partial charge in [0.2, 0.25) is 0 Å². The Morgan fingerprint density at radius 3 is 2.71 bits per heavy atom. The van der Waals surface area contributed by atoms with Gasteiger partial charge in [-0.15, -0.1) is 0 Å². The summed E-state index contributed by atoms with van der Waals surface area (Å²) >= 11 is 0. The Kier molecular flexibility index (Phi) is 6.49. The topological polar surface area (TPSA) is 41.9 Å². The van der Waals surface area contributed by atoms with E-state index in [2.05, 4.69) is 24.8 Å². The maximum Gasteiger partial charge on any atom is 0.122 e. The third kappa shape index (κ3) is 4.99. The van der Waals surface area contributed by atoms with Gasteiger partial charge in [-0.2, -0.15) is 0 Å². The standard InChI is InChI=1S/C17H27NO3/c1-3-14(2)16-6-4-5-7-17(16)21-13-15(19)12-18-8-10-20-11-9-18/h4-7,14-15,19H,3,8-13H2,1-2H3/t14-,15-/m1/s1. The summed E-state index contributed by atoms with van der Waals surface area (Å²) in [6.45, 7) is 8.65. The van der Waals surface area contributed by atoms with E-state index in [1.807, 2.05) is 18.2 Å². The summed E-state index contributed by atoms with van der Waals surface area (Å²) in [5.41, 5.74) is 1.22. The summed E-state index contributed by atoms with van der Waals surface area (Å²) in [7, 11) is 0. The zero-order valence-electron chi connectivity index (χ0n) is 13.1. The van der Waals surface area contributed by atoms with Crippen molar-refractivity contribution in [3.8, 4) is 5.75 Å². The summed E-state index contributed by atoms with van der Waals surface area (Å²) < 4.78 is 11.2. The molecule has 0 spiro atoms. The molecule has 1 aromatic rings. The van der Waals surface area contributed by atoms with Gasteiger partial charge in [0.1, 0.15) is 18.5 Å². The van der Waals surface area contributed by atoms with Gasteiger partial charge < -0.3 is 14.6 Å². The number of aliphatic hydroxyl groups is 1. The van der Waals surface area contributed by atoms with Crippen molar-refractivity contribution in [1.82, 2.24) is 4.90 Å². The van der Waals surface area contributed by atoms with Crippen LogP contribution >= 0.6 is 0 Å². The Labute approximate surface area is 127 Å². The van der Waals surface area contributed by atoms with Crippen molar-refractivity contribution in [2.45, 2.75) is 32.3 Å². The number of hydrogen-bond donors (Lipinski definition) is 1. The highest BCUT2D eigenvalue weighted by atomic mass is 16.5. The van der Waals surface area contributed by atoms with E-state index < -0.39 is 6.10 Å². The van der Waals surface area contributed by atoms with Crippen molar-refractivity contribution in [2.24, 2.45) is 0 Å². The number of benzene rings is 1. The van der Waals surface area contributed by atoms with Crippen LogP contribution in [0.5, 0.6) is 5.75 Å². The maximum absolute atomic E-state index is 10.1. The first-order chi connectivity index (χ1) is 10.2. The molecule has 4 nitrogen and oxygen atoms in total. The number of para-hydroxylation sites is 1. The molecule has 21 heavy (non-hydrogen) atoms. The van der Waals surface area contributed by atoms with E-state index in [0.29, 0.717) is 19.1 Å². The molecule has 0 unspecified atom stereocenters. The second-order valence-corrected chi connectivity index (χ2v) is 5.72. The summed E-state index contributed by atoms with van der Waals surface area (Å²) in [6.07, 6.45) is 0.615. The molecule has 1 fully saturated rings. The van der Waals surface area contributed by atoms with Crippen LogP contribution in [0.25, 0.3) is 0 Å². The van der Waals surface area contributed by atoms with Gasteiger partial charge in [-0.25, -0.2) is 0 Å². The first kappa shape index (κ1) is 16.3. The van der Waals surface area contributed by atoms with Gasteiger partial charge in [-0.3, -0.25) is 4.90 Å². The van der Waals surface area contributed by atoms with Gasteiger partial charge in [0.15, 0.2) is 0 Å². The van der Waals surface area contributed by atoms with Crippen molar-refractivity contribution < 1.29 is 14.6 Å². The third-order valence-corrected chi connectivity index (χ3v) is 4.07. The molecule has 1 heterocycles. The number of hydrogen-bond acceptors (Lipinski definition) is 4. The van der Waals surface area contributed by atoms with Gasteiger partial charge in [0.25, 0.3) is 0 Å².